The van der Waals surface area contributed by atoms with Crippen molar-refractivity contribution in [2.24, 2.45) is 5.92 Å². The number of nitrogens with zero attached hydrogens (tertiary/aromatic N) is 1. The molecule has 1 unspecified atom stereocenters. The Morgan fingerprint density at radius 1 is 1.17 bits per heavy atom. The van der Waals surface area contributed by atoms with Gasteiger partial charge in [-0.3, -0.25) is 9.59 Å². The molecule has 1 aliphatic rings. The van der Waals surface area contributed by atoms with Crippen LogP contribution in [-0.2, 0) is 9.59 Å². The van der Waals surface area contributed by atoms with Crippen LogP contribution in [-0.4, -0.2) is 36.5 Å². The van der Waals surface area contributed by atoms with Gasteiger partial charge in [0.25, 0.3) is 0 Å². The molecule has 1 heterocycles. The Morgan fingerprint density at radius 3 is 2.52 bits per heavy atom. The van der Waals surface area contributed by atoms with Crippen molar-refractivity contribution in [3.8, 4) is 0 Å². The summed E-state index contributed by atoms with van der Waals surface area (Å²) in [7, 11) is 0. The molecule has 29 heavy (non-hydrogen) atoms. The van der Waals surface area contributed by atoms with E-state index in [0.29, 0.717) is 22.3 Å². The first kappa shape index (κ1) is 21.6. The molecule has 0 spiro atoms. The van der Waals surface area contributed by atoms with Gasteiger partial charge in [-0.2, -0.15) is 13.2 Å². The van der Waals surface area contributed by atoms with Crippen LogP contribution in [0.25, 0.3) is 0 Å². The zero-order chi connectivity index (χ0) is 21.0. The predicted molar refractivity (Wildman–Crippen MR) is 111 cm³/mol. The maximum atomic E-state index is 12.7. The molecule has 3 rings (SSSR count). The van der Waals surface area contributed by atoms with Crippen molar-refractivity contribution >= 4 is 46.7 Å². The number of carbonyl (C=O) groups is 2. The van der Waals surface area contributed by atoms with Crippen molar-refractivity contribution < 1.29 is 22.8 Å². The van der Waals surface area contributed by atoms with Crippen LogP contribution in [0.15, 0.2) is 58.3 Å². The van der Waals surface area contributed by atoms with E-state index in [1.165, 1.54) is 6.07 Å². The Hall–Kier alpha value is -2.13. The second-order valence-electron chi connectivity index (χ2n) is 6.49. The number of amides is 2. The normalized spacial score (nSPS) is 16.9. The van der Waals surface area contributed by atoms with Crippen LogP contribution in [0.2, 0.25) is 0 Å². The molecule has 1 fully saturated rings. The van der Waals surface area contributed by atoms with Crippen LogP contribution in [0.3, 0.4) is 0 Å². The van der Waals surface area contributed by atoms with E-state index in [1.54, 1.807) is 34.9 Å². The first-order valence-corrected chi connectivity index (χ1v) is 11.0. The van der Waals surface area contributed by atoms with E-state index in [-0.39, 0.29) is 24.8 Å². The van der Waals surface area contributed by atoms with Crippen molar-refractivity contribution in [1.29, 1.82) is 0 Å². The van der Waals surface area contributed by atoms with Gasteiger partial charge in [-0.1, -0.05) is 12.1 Å². The number of rotatable bonds is 6. The van der Waals surface area contributed by atoms with Crippen LogP contribution in [0.4, 0.5) is 24.5 Å². The lowest BCUT2D eigenvalue weighted by Gasteiger charge is -2.17. The Balaban J connectivity index is 1.66. The zero-order valence-electron chi connectivity index (χ0n) is 15.5. The number of benzene rings is 2. The number of hydrogen-bond donors (Lipinski definition) is 1. The van der Waals surface area contributed by atoms with Gasteiger partial charge in [0.05, 0.1) is 17.4 Å². The molecule has 154 valence electrons. The van der Waals surface area contributed by atoms with Crippen LogP contribution < -0.4 is 10.2 Å². The first-order chi connectivity index (χ1) is 13.8. The number of thioether (sulfide) groups is 2. The van der Waals surface area contributed by atoms with Gasteiger partial charge in [-0.25, -0.2) is 0 Å². The van der Waals surface area contributed by atoms with Crippen LogP contribution in [0, 0.1) is 5.92 Å². The van der Waals surface area contributed by atoms with Gasteiger partial charge < -0.3 is 10.2 Å². The van der Waals surface area contributed by atoms with Crippen molar-refractivity contribution in [3.05, 3.63) is 48.5 Å². The van der Waals surface area contributed by atoms with E-state index in [9.17, 15) is 22.8 Å². The number of anilines is 2. The average molecular weight is 441 g/mol. The summed E-state index contributed by atoms with van der Waals surface area (Å²) in [6.45, 7) is 0.237. The van der Waals surface area contributed by atoms with E-state index < -0.39 is 17.8 Å². The maximum absolute atomic E-state index is 12.7. The first-order valence-electron chi connectivity index (χ1n) is 8.80. The fourth-order valence-corrected chi connectivity index (χ4v) is 4.16. The monoisotopic (exact) mass is 440 g/mol. The standard InChI is InChI=1S/C20H19F3N2O2S2/c1-28-15-8-6-14(7-9-15)25-11-13(10-18(25)26)19(27)24-16-4-2-3-5-17(16)29-12-20(21,22)23/h2-9,13H,10-12H2,1H3,(H,24,27). The fraction of sp³-hybridized carbons (Fsp3) is 0.300. The van der Waals surface area contributed by atoms with Gasteiger partial charge in [0, 0.05) is 28.4 Å². The van der Waals surface area contributed by atoms with Gasteiger partial charge >= 0.3 is 6.18 Å². The van der Waals surface area contributed by atoms with E-state index in [4.69, 9.17) is 0 Å². The Bertz CT molecular complexity index is 888. The molecule has 1 saturated heterocycles. The highest BCUT2D eigenvalue weighted by Crippen LogP contribution is 2.33. The lowest BCUT2D eigenvalue weighted by atomic mass is 10.1. The summed E-state index contributed by atoms with van der Waals surface area (Å²) in [6.07, 6.45) is -2.28. The highest BCUT2D eigenvalue weighted by Gasteiger charge is 2.35. The lowest BCUT2D eigenvalue weighted by molar-refractivity contribution is -0.122. The highest BCUT2D eigenvalue weighted by molar-refractivity contribution is 7.99. The minimum Gasteiger partial charge on any atom is -0.325 e. The number of carbonyl (C=O) groups excluding carboxylic acids is 2. The molecule has 2 aromatic carbocycles. The lowest BCUT2D eigenvalue weighted by Crippen LogP contribution is -2.28. The van der Waals surface area contributed by atoms with Gasteiger partial charge in [-0.15, -0.1) is 23.5 Å². The number of nitrogens with one attached hydrogen (secondary N) is 1. The maximum Gasteiger partial charge on any atom is 0.398 e. The van der Waals surface area contributed by atoms with Crippen molar-refractivity contribution in [3.63, 3.8) is 0 Å². The smallest absolute Gasteiger partial charge is 0.325 e. The average Bonchev–Trinajstić information content (AvgIpc) is 3.08. The Kier molecular flexibility index (Phi) is 6.79. The largest absolute Gasteiger partial charge is 0.398 e. The third kappa shape index (κ3) is 5.70. The van der Waals surface area contributed by atoms with Gasteiger partial charge in [0.15, 0.2) is 0 Å². The third-order valence-electron chi connectivity index (χ3n) is 4.42. The van der Waals surface area contributed by atoms with Crippen molar-refractivity contribution in [2.75, 3.05) is 28.8 Å². The molecule has 0 bridgehead atoms. The van der Waals surface area contributed by atoms with Crippen LogP contribution >= 0.6 is 23.5 Å². The number of halogens is 3. The molecular weight excluding hydrogens is 421 g/mol. The molecule has 2 amide bonds. The molecule has 9 heteroatoms. The number of hydrogen-bond acceptors (Lipinski definition) is 4. The van der Waals surface area contributed by atoms with E-state index >= 15 is 0 Å². The molecule has 0 saturated carbocycles. The summed E-state index contributed by atoms with van der Waals surface area (Å²) in [4.78, 5) is 28.0. The highest BCUT2D eigenvalue weighted by atomic mass is 32.2. The quantitative estimate of drug-likeness (QED) is 0.639. The van der Waals surface area contributed by atoms with Crippen molar-refractivity contribution in [2.45, 2.75) is 22.4 Å². The number of para-hydroxylation sites is 1. The molecule has 1 aliphatic heterocycles. The molecule has 0 radical (unpaired) electrons. The van der Waals surface area contributed by atoms with Crippen LogP contribution in [0.1, 0.15) is 6.42 Å². The minimum absolute atomic E-state index is 0.0635. The molecule has 0 aliphatic carbocycles. The summed E-state index contributed by atoms with van der Waals surface area (Å²) in [6, 6.07) is 13.9. The fourth-order valence-electron chi connectivity index (χ4n) is 2.99. The van der Waals surface area contributed by atoms with Crippen LogP contribution in [0.5, 0.6) is 0 Å². The van der Waals surface area contributed by atoms with Gasteiger partial charge in [0.2, 0.25) is 11.8 Å². The predicted octanol–water partition coefficient (Wildman–Crippen LogP) is 5.05. The molecule has 1 N–H and O–H groups in total. The molecule has 2 aromatic rings. The minimum atomic E-state index is -4.30. The van der Waals surface area contributed by atoms with Crippen molar-refractivity contribution in [1.82, 2.24) is 0 Å². The summed E-state index contributed by atoms with van der Waals surface area (Å²) in [5, 5.41) is 2.69. The van der Waals surface area contributed by atoms with E-state index in [1.807, 2.05) is 30.5 Å². The topological polar surface area (TPSA) is 49.4 Å². The molecule has 1 atom stereocenters. The SMILES string of the molecule is CSc1ccc(N2CC(C(=O)Nc3ccccc3SCC(F)(F)F)CC2=O)cc1. The Labute approximate surface area is 175 Å². The number of alkyl halides is 3. The zero-order valence-corrected chi connectivity index (χ0v) is 17.2. The summed E-state index contributed by atoms with van der Waals surface area (Å²) in [5.41, 5.74) is 1.05. The Morgan fingerprint density at radius 2 is 1.86 bits per heavy atom. The second-order valence-corrected chi connectivity index (χ2v) is 8.39. The molecule has 4 nitrogen and oxygen atoms in total. The third-order valence-corrected chi connectivity index (χ3v) is 6.30. The summed E-state index contributed by atoms with van der Waals surface area (Å²) >= 11 is 2.22. The summed E-state index contributed by atoms with van der Waals surface area (Å²) < 4.78 is 37.6. The molecule has 0 aromatic heterocycles. The van der Waals surface area contributed by atoms with E-state index in [2.05, 4.69) is 5.32 Å². The van der Waals surface area contributed by atoms with Gasteiger partial charge in [0.1, 0.15) is 0 Å². The second kappa shape index (κ2) is 9.13. The van der Waals surface area contributed by atoms with Gasteiger partial charge in [-0.05, 0) is 42.7 Å². The molecular formula is C20H19F3N2O2S2. The summed E-state index contributed by atoms with van der Waals surface area (Å²) in [5.74, 6) is -2.13. The van der Waals surface area contributed by atoms with E-state index in [0.717, 1.165) is 10.6 Å².